The van der Waals surface area contributed by atoms with E-state index in [0.29, 0.717) is 24.8 Å². The van der Waals surface area contributed by atoms with Crippen molar-refractivity contribution in [1.82, 2.24) is 4.31 Å². The number of sulfonamides is 1. The molecule has 0 saturated carbocycles. The Morgan fingerprint density at radius 2 is 2.00 bits per heavy atom. The van der Waals surface area contributed by atoms with Crippen molar-refractivity contribution in [3.05, 3.63) is 17.9 Å². The molecular formula is C15H24ClNO3S. The van der Waals surface area contributed by atoms with E-state index in [4.69, 9.17) is 16.0 Å². The van der Waals surface area contributed by atoms with Crippen LogP contribution >= 0.6 is 11.6 Å². The van der Waals surface area contributed by atoms with Gasteiger partial charge in [0.15, 0.2) is 0 Å². The van der Waals surface area contributed by atoms with Crippen LogP contribution < -0.4 is 0 Å². The van der Waals surface area contributed by atoms with Crippen molar-refractivity contribution < 1.29 is 12.8 Å². The lowest BCUT2D eigenvalue weighted by atomic mass is 9.77. The van der Waals surface area contributed by atoms with Crippen LogP contribution in [0.1, 0.15) is 45.8 Å². The van der Waals surface area contributed by atoms with Crippen LogP contribution in [-0.2, 0) is 15.9 Å². The highest BCUT2D eigenvalue weighted by Crippen LogP contribution is 2.35. The molecule has 0 radical (unpaired) electrons. The topological polar surface area (TPSA) is 50.5 Å². The molecule has 1 aromatic rings. The summed E-state index contributed by atoms with van der Waals surface area (Å²) in [7, 11) is -3.54. The first kappa shape index (κ1) is 16.8. The van der Waals surface area contributed by atoms with Crippen LogP contribution in [0.2, 0.25) is 0 Å². The Hall–Kier alpha value is -0.520. The molecule has 0 spiro atoms. The smallest absolute Gasteiger partial charge is 0.276 e. The minimum absolute atomic E-state index is 0.00681. The number of rotatable bonds is 3. The van der Waals surface area contributed by atoms with E-state index in [1.54, 1.807) is 10.4 Å². The SMILES string of the molecule is CC(C)(C)C1CCCN(S(=O)(=O)c2ccc(CCl)o2)CC1. The summed E-state index contributed by atoms with van der Waals surface area (Å²) in [4.78, 5) is 0. The number of hydrogen-bond donors (Lipinski definition) is 0. The van der Waals surface area contributed by atoms with Gasteiger partial charge in [-0.05, 0) is 42.7 Å². The van der Waals surface area contributed by atoms with Crippen molar-refractivity contribution in [1.29, 1.82) is 0 Å². The van der Waals surface area contributed by atoms with Gasteiger partial charge in [-0.1, -0.05) is 20.8 Å². The number of hydrogen-bond acceptors (Lipinski definition) is 3. The Bertz CT molecular complexity index is 574. The zero-order chi connectivity index (χ0) is 15.7. The van der Waals surface area contributed by atoms with Crippen molar-refractivity contribution >= 4 is 21.6 Å². The zero-order valence-corrected chi connectivity index (χ0v) is 14.5. The van der Waals surface area contributed by atoms with Crippen molar-refractivity contribution in [2.75, 3.05) is 13.1 Å². The molecule has 4 nitrogen and oxygen atoms in total. The molecule has 0 amide bonds. The van der Waals surface area contributed by atoms with E-state index in [9.17, 15) is 8.42 Å². The first-order valence-electron chi connectivity index (χ1n) is 7.40. The predicted molar refractivity (Wildman–Crippen MR) is 83.8 cm³/mol. The van der Waals surface area contributed by atoms with Gasteiger partial charge in [-0.15, -0.1) is 11.6 Å². The van der Waals surface area contributed by atoms with E-state index < -0.39 is 10.0 Å². The Balaban J connectivity index is 2.14. The Labute approximate surface area is 132 Å². The summed E-state index contributed by atoms with van der Waals surface area (Å²) in [6.45, 7) is 7.79. The van der Waals surface area contributed by atoms with Crippen LogP contribution in [0.3, 0.4) is 0 Å². The molecule has 0 aliphatic carbocycles. The molecule has 2 rings (SSSR count). The van der Waals surface area contributed by atoms with E-state index in [0.717, 1.165) is 19.3 Å². The minimum atomic E-state index is -3.54. The first-order valence-corrected chi connectivity index (χ1v) is 9.37. The third-order valence-corrected chi connectivity index (χ3v) is 6.31. The van der Waals surface area contributed by atoms with Crippen LogP contribution in [0.4, 0.5) is 0 Å². The molecule has 0 bridgehead atoms. The van der Waals surface area contributed by atoms with E-state index in [1.165, 1.54) is 6.07 Å². The van der Waals surface area contributed by atoms with Crippen molar-refractivity contribution in [3.63, 3.8) is 0 Å². The summed E-state index contributed by atoms with van der Waals surface area (Å²) in [5, 5.41) is 0.00681. The van der Waals surface area contributed by atoms with Gasteiger partial charge in [0.1, 0.15) is 5.76 Å². The molecule has 0 N–H and O–H groups in total. The molecule has 1 unspecified atom stereocenters. The predicted octanol–water partition coefficient (Wildman–Crippen LogP) is 3.86. The van der Waals surface area contributed by atoms with Gasteiger partial charge < -0.3 is 4.42 Å². The minimum Gasteiger partial charge on any atom is -0.447 e. The van der Waals surface area contributed by atoms with Crippen LogP contribution in [-0.4, -0.2) is 25.8 Å². The summed E-state index contributed by atoms with van der Waals surface area (Å²) in [5.41, 5.74) is 0.218. The van der Waals surface area contributed by atoms with E-state index >= 15 is 0 Å². The van der Waals surface area contributed by atoms with Gasteiger partial charge in [0, 0.05) is 13.1 Å². The quantitative estimate of drug-likeness (QED) is 0.789. The van der Waals surface area contributed by atoms with E-state index in [-0.39, 0.29) is 16.4 Å². The number of furan rings is 1. The maximum atomic E-state index is 12.6. The molecule has 6 heteroatoms. The highest BCUT2D eigenvalue weighted by molar-refractivity contribution is 7.89. The zero-order valence-electron chi connectivity index (χ0n) is 12.9. The molecule has 1 saturated heterocycles. The second-order valence-electron chi connectivity index (χ2n) is 6.75. The summed E-state index contributed by atoms with van der Waals surface area (Å²) in [6.07, 6.45) is 2.86. The van der Waals surface area contributed by atoms with E-state index in [1.807, 2.05) is 0 Å². The van der Waals surface area contributed by atoms with Gasteiger partial charge in [0.2, 0.25) is 5.09 Å². The maximum absolute atomic E-state index is 12.6. The lowest BCUT2D eigenvalue weighted by molar-refractivity contribution is 0.216. The number of halogens is 1. The second-order valence-corrected chi connectivity index (χ2v) is 8.89. The van der Waals surface area contributed by atoms with Crippen molar-refractivity contribution in [2.24, 2.45) is 11.3 Å². The fourth-order valence-corrected chi connectivity index (χ4v) is 4.44. The Morgan fingerprint density at radius 1 is 1.29 bits per heavy atom. The molecule has 1 aliphatic heterocycles. The molecular weight excluding hydrogens is 310 g/mol. The monoisotopic (exact) mass is 333 g/mol. The van der Waals surface area contributed by atoms with Crippen LogP contribution in [0.15, 0.2) is 21.6 Å². The van der Waals surface area contributed by atoms with Gasteiger partial charge in [0.25, 0.3) is 10.0 Å². The van der Waals surface area contributed by atoms with E-state index in [2.05, 4.69) is 20.8 Å². The molecule has 21 heavy (non-hydrogen) atoms. The molecule has 120 valence electrons. The summed E-state index contributed by atoms with van der Waals surface area (Å²) < 4.78 is 32.1. The molecule has 1 aliphatic rings. The van der Waals surface area contributed by atoms with Crippen LogP contribution in [0.25, 0.3) is 0 Å². The molecule has 2 heterocycles. The molecule has 0 aromatic carbocycles. The normalized spacial score (nSPS) is 22.2. The summed E-state index contributed by atoms with van der Waals surface area (Å²) >= 11 is 5.67. The largest absolute Gasteiger partial charge is 0.447 e. The average Bonchev–Trinajstić information content (AvgIpc) is 2.73. The first-order chi connectivity index (χ1) is 9.75. The Morgan fingerprint density at radius 3 is 2.57 bits per heavy atom. The highest BCUT2D eigenvalue weighted by atomic mass is 35.5. The van der Waals surface area contributed by atoms with Gasteiger partial charge >= 0.3 is 0 Å². The van der Waals surface area contributed by atoms with Crippen molar-refractivity contribution in [3.8, 4) is 0 Å². The van der Waals surface area contributed by atoms with Gasteiger partial charge in [-0.25, -0.2) is 8.42 Å². The van der Waals surface area contributed by atoms with Crippen LogP contribution in [0, 0.1) is 11.3 Å². The number of alkyl halides is 1. The maximum Gasteiger partial charge on any atom is 0.276 e. The van der Waals surface area contributed by atoms with Gasteiger partial charge in [-0.2, -0.15) is 4.31 Å². The van der Waals surface area contributed by atoms with Crippen LogP contribution in [0.5, 0.6) is 0 Å². The molecule has 1 aromatic heterocycles. The standard InChI is InChI=1S/C15H24ClNO3S/c1-15(2,3)12-5-4-9-17(10-8-12)21(18,19)14-7-6-13(11-16)20-14/h6-7,12H,4-5,8-11H2,1-3H3. The molecule has 1 fully saturated rings. The van der Waals surface area contributed by atoms with Gasteiger partial charge in [0.05, 0.1) is 5.88 Å². The lowest BCUT2D eigenvalue weighted by Crippen LogP contribution is -2.32. The number of nitrogens with zero attached hydrogens (tertiary/aromatic N) is 1. The fourth-order valence-electron chi connectivity index (χ4n) is 2.87. The third kappa shape index (κ3) is 3.82. The van der Waals surface area contributed by atoms with Gasteiger partial charge in [-0.3, -0.25) is 0 Å². The molecule has 1 atom stereocenters. The highest BCUT2D eigenvalue weighted by Gasteiger charge is 2.33. The average molecular weight is 334 g/mol. The second kappa shape index (κ2) is 6.31. The lowest BCUT2D eigenvalue weighted by Gasteiger charge is -2.29. The van der Waals surface area contributed by atoms with Crippen molar-refractivity contribution in [2.45, 2.75) is 51.0 Å². The third-order valence-electron chi connectivity index (χ3n) is 4.27. The summed E-state index contributed by atoms with van der Waals surface area (Å²) in [6, 6.07) is 3.12. The fraction of sp³-hybridized carbons (Fsp3) is 0.733. The Kier molecular flexibility index (Phi) is 5.06. The summed E-state index contributed by atoms with van der Waals surface area (Å²) in [5.74, 6) is 1.21.